The molecule has 0 saturated heterocycles. The zero-order valence-corrected chi connectivity index (χ0v) is 12.5. The summed E-state index contributed by atoms with van der Waals surface area (Å²) in [5.41, 5.74) is 2.16. The first-order valence-electron chi connectivity index (χ1n) is 6.95. The summed E-state index contributed by atoms with van der Waals surface area (Å²) in [5, 5.41) is 3.38. The highest BCUT2D eigenvalue weighted by atomic mass is 16.7. The molecule has 0 fully saturated rings. The molecule has 0 saturated carbocycles. The van der Waals surface area contributed by atoms with Gasteiger partial charge in [-0.15, -0.1) is 0 Å². The summed E-state index contributed by atoms with van der Waals surface area (Å²) in [7, 11) is 1.67. The van der Waals surface area contributed by atoms with Crippen LogP contribution in [0.25, 0.3) is 0 Å². The van der Waals surface area contributed by atoms with Gasteiger partial charge in [0.1, 0.15) is 5.75 Å². The Kier molecular flexibility index (Phi) is 3.37. The minimum Gasteiger partial charge on any atom is -0.497 e. The highest BCUT2D eigenvalue weighted by Gasteiger charge is 2.31. The average Bonchev–Trinajstić information content (AvgIpc) is 2.78. The third kappa shape index (κ3) is 3.05. The Morgan fingerprint density at radius 2 is 1.86 bits per heavy atom. The Morgan fingerprint density at radius 1 is 1.05 bits per heavy atom. The van der Waals surface area contributed by atoms with E-state index in [0.717, 1.165) is 35.0 Å². The van der Waals surface area contributed by atoms with E-state index in [1.165, 1.54) is 0 Å². The van der Waals surface area contributed by atoms with Gasteiger partial charge in [-0.05, 0) is 29.8 Å². The molecule has 2 aromatic carbocycles. The van der Waals surface area contributed by atoms with Gasteiger partial charge in [0, 0.05) is 32.1 Å². The van der Waals surface area contributed by atoms with Gasteiger partial charge in [-0.3, -0.25) is 0 Å². The van der Waals surface area contributed by atoms with Crippen LogP contribution in [0.1, 0.15) is 19.4 Å². The summed E-state index contributed by atoms with van der Waals surface area (Å²) in [5.74, 6) is 1.83. The Bertz CT molecular complexity index is 652. The van der Waals surface area contributed by atoms with E-state index in [0.29, 0.717) is 0 Å². The second kappa shape index (κ2) is 5.20. The normalized spacial score (nSPS) is 14.8. The fourth-order valence-corrected chi connectivity index (χ4v) is 2.32. The average molecular weight is 285 g/mol. The molecule has 21 heavy (non-hydrogen) atoms. The van der Waals surface area contributed by atoms with Crippen LogP contribution >= 0.6 is 0 Å². The van der Waals surface area contributed by atoms with E-state index in [1.54, 1.807) is 7.11 Å². The van der Waals surface area contributed by atoms with Gasteiger partial charge in [0.25, 0.3) is 0 Å². The molecule has 0 radical (unpaired) electrons. The maximum atomic E-state index is 5.74. The zero-order chi connectivity index (χ0) is 14.9. The van der Waals surface area contributed by atoms with E-state index < -0.39 is 5.79 Å². The van der Waals surface area contributed by atoms with Gasteiger partial charge >= 0.3 is 0 Å². The third-order valence-corrected chi connectivity index (χ3v) is 3.29. The molecule has 1 heterocycles. The second-order valence-electron chi connectivity index (χ2n) is 5.47. The number of fused-ring (bicyclic) bond motifs is 1. The molecule has 1 aliphatic heterocycles. The van der Waals surface area contributed by atoms with Gasteiger partial charge in [0.05, 0.1) is 7.11 Å². The zero-order valence-electron chi connectivity index (χ0n) is 12.5. The smallest absolute Gasteiger partial charge is 0.246 e. The number of benzene rings is 2. The predicted octanol–water partition coefficient (Wildman–Crippen LogP) is 3.81. The summed E-state index contributed by atoms with van der Waals surface area (Å²) >= 11 is 0. The molecule has 0 amide bonds. The quantitative estimate of drug-likeness (QED) is 0.927. The maximum absolute atomic E-state index is 5.74. The summed E-state index contributed by atoms with van der Waals surface area (Å²) in [4.78, 5) is 0. The largest absolute Gasteiger partial charge is 0.497 e. The van der Waals surface area contributed by atoms with Crippen molar-refractivity contribution in [1.29, 1.82) is 0 Å². The van der Waals surface area contributed by atoms with Gasteiger partial charge in [-0.25, -0.2) is 0 Å². The summed E-state index contributed by atoms with van der Waals surface area (Å²) in [6, 6.07) is 13.9. The van der Waals surface area contributed by atoms with Gasteiger partial charge in [-0.2, -0.15) is 0 Å². The van der Waals surface area contributed by atoms with Crippen LogP contribution in [-0.2, 0) is 6.54 Å². The lowest BCUT2D eigenvalue weighted by atomic mass is 10.2. The van der Waals surface area contributed by atoms with Crippen molar-refractivity contribution in [1.82, 2.24) is 0 Å². The van der Waals surface area contributed by atoms with Crippen LogP contribution in [0.15, 0.2) is 42.5 Å². The molecule has 0 aromatic heterocycles. The molecule has 0 spiro atoms. The van der Waals surface area contributed by atoms with Crippen molar-refractivity contribution >= 4 is 5.69 Å². The Hall–Kier alpha value is -2.36. The monoisotopic (exact) mass is 285 g/mol. The summed E-state index contributed by atoms with van der Waals surface area (Å²) < 4.78 is 16.6. The molecule has 0 unspecified atom stereocenters. The van der Waals surface area contributed by atoms with Crippen molar-refractivity contribution in [3.05, 3.63) is 48.0 Å². The van der Waals surface area contributed by atoms with Gasteiger partial charge in [-0.1, -0.05) is 12.1 Å². The van der Waals surface area contributed by atoms with Crippen LogP contribution in [-0.4, -0.2) is 12.9 Å². The topological polar surface area (TPSA) is 39.7 Å². The summed E-state index contributed by atoms with van der Waals surface area (Å²) in [6.45, 7) is 4.52. The fourth-order valence-electron chi connectivity index (χ4n) is 2.32. The van der Waals surface area contributed by atoms with E-state index in [4.69, 9.17) is 14.2 Å². The fraction of sp³-hybridized carbons (Fsp3) is 0.294. The van der Waals surface area contributed by atoms with Crippen molar-refractivity contribution in [3.8, 4) is 17.2 Å². The van der Waals surface area contributed by atoms with Crippen molar-refractivity contribution in [3.63, 3.8) is 0 Å². The van der Waals surface area contributed by atoms with Crippen molar-refractivity contribution in [2.75, 3.05) is 12.4 Å². The van der Waals surface area contributed by atoms with Crippen LogP contribution in [0.5, 0.6) is 17.2 Å². The molecule has 4 heteroatoms. The Balaban J connectivity index is 1.69. The third-order valence-electron chi connectivity index (χ3n) is 3.29. The van der Waals surface area contributed by atoms with E-state index in [1.807, 2.05) is 50.2 Å². The standard InChI is InChI=1S/C17H19NO3/c1-17(2)20-15-8-7-13(10-16(15)21-17)18-11-12-5-4-6-14(9-12)19-3/h4-10,18H,11H2,1-3H3. The molecular formula is C17H19NO3. The van der Waals surface area contributed by atoms with E-state index >= 15 is 0 Å². The van der Waals surface area contributed by atoms with Crippen LogP contribution in [0.4, 0.5) is 5.69 Å². The number of hydrogen-bond donors (Lipinski definition) is 1. The van der Waals surface area contributed by atoms with Gasteiger partial charge in [0.15, 0.2) is 11.5 Å². The van der Waals surface area contributed by atoms with Crippen molar-refractivity contribution in [2.45, 2.75) is 26.2 Å². The SMILES string of the molecule is COc1cccc(CNc2ccc3c(c2)OC(C)(C)O3)c1. The molecule has 0 bridgehead atoms. The second-order valence-corrected chi connectivity index (χ2v) is 5.47. The highest BCUT2D eigenvalue weighted by molar-refractivity contribution is 5.56. The number of rotatable bonds is 4. The lowest BCUT2D eigenvalue weighted by Gasteiger charge is -2.16. The lowest BCUT2D eigenvalue weighted by molar-refractivity contribution is -0.0431. The molecular weight excluding hydrogens is 266 g/mol. The lowest BCUT2D eigenvalue weighted by Crippen LogP contribution is -2.29. The number of ether oxygens (including phenoxy) is 3. The molecule has 0 atom stereocenters. The first kappa shape index (κ1) is 13.6. The van der Waals surface area contributed by atoms with E-state index in [-0.39, 0.29) is 0 Å². The summed E-state index contributed by atoms with van der Waals surface area (Å²) in [6.07, 6.45) is 0. The molecule has 110 valence electrons. The van der Waals surface area contributed by atoms with Crippen LogP contribution < -0.4 is 19.5 Å². The van der Waals surface area contributed by atoms with E-state index in [2.05, 4.69) is 11.4 Å². The molecule has 4 nitrogen and oxygen atoms in total. The minimum absolute atomic E-state index is 0.590. The first-order valence-corrected chi connectivity index (χ1v) is 6.95. The van der Waals surface area contributed by atoms with Crippen LogP contribution in [0.2, 0.25) is 0 Å². The van der Waals surface area contributed by atoms with Gasteiger partial charge < -0.3 is 19.5 Å². The number of nitrogens with one attached hydrogen (secondary N) is 1. The number of hydrogen-bond acceptors (Lipinski definition) is 4. The van der Waals surface area contributed by atoms with Crippen LogP contribution in [0, 0.1) is 0 Å². The first-order chi connectivity index (χ1) is 10.1. The van der Waals surface area contributed by atoms with Crippen LogP contribution in [0.3, 0.4) is 0 Å². The minimum atomic E-state index is -0.590. The Morgan fingerprint density at radius 3 is 2.67 bits per heavy atom. The molecule has 0 aliphatic carbocycles. The van der Waals surface area contributed by atoms with E-state index in [9.17, 15) is 0 Å². The van der Waals surface area contributed by atoms with Gasteiger partial charge in [0.2, 0.25) is 5.79 Å². The van der Waals surface area contributed by atoms with Crippen molar-refractivity contribution in [2.24, 2.45) is 0 Å². The maximum Gasteiger partial charge on any atom is 0.246 e. The predicted molar refractivity (Wildman–Crippen MR) is 82.1 cm³/mol. The number of anilines is 1. The number of methoxy groups -OCH3 is 1. The molecule has 2 aromatic rings. The molecule has 1 N–H and O–H groups in total. The highest BCUT2D eigenvalue weighted by Crippen LogP contribution is 2.40. The van der Waals surface area contributed by atoms with Crippen molar-refractivity contribution < 1.29 is 14.2 Å². The molecule has 3 rings (SSSR count). The molecule has 1 aliphatic rings. The Labute approximate surface area is 124 Å².